The molecule has 0 N–H and O–H groups in total. The van der Waals surface area contributed by atoms with Crippen molar-refractivity contribution in [2.45, 2.75) is 57.9 Å². The number of rotatable bonds is 5. The molecule has 0 aromatic carbocycles. The maximum atomic E-state index is 11.7. The van der Waals surface area contributed by atoms with Gasteiger partial charge in [0.1, 0.15) is 6.10 Å². The zero-order chi connectivity index (χ0) is 16.5. The molecule has 2 fully saturated rings. The Kier molecular flexibility index (Phi) is 5.09. The number of esters is 2. The molecule has 2 heterocycles. The first-order chi connectivity index (χ1) is 10.3. The van der Waals surface area contributed by atoms with Crippen molar-refractivity contribution >= 4 is 11.9 Å². The van der Waals surface area contributed by atoms with E-state index in [2.05, 4.69) is 0 Å². The zero-order valence-corrected chi connectivity index (χ0v) is 13.7. The van der Waals surface area contributed by atoms with E-state index in [1.54, 1.807) is 20.8 Å². The van der Waals surface area contributed by atoms with Crippen LogP contribution in [-0.2, 0) is 33.3 Å². The van der Waals surface area contributed by atoms with E-state index in [0.29, 0.717) is 6.42 Å². The van der Waals surface area contributed by atoms with Crippen LogP contribution in [-0.4, -0.2) is 50.4 Å². The summed E-state index contributed by atoms with van der Waals surface area (Å²) in [5, 5.41) is 0. The van der Waals surface area contributed by atoms with Crippen LogP contribution in [0.4, 0.5) is 0 Å². The maximum absolute atomic E-state index is 11.7. The lowest BCUT2D eigenvalue weighted by Crippen LogP contribution is -2.33. The molecular weight excluding hydrogens is 292 g/mol. The van der Waals surface area contributed by atoms with E-state index in [0.717, 1.165) is 0 Å². The quantitative estimate of drug-likeness (QED) is 0.706. The van der Waals surface area contributed by atoms with Crippen molar-refractivity contribution in [1.29, 1.82) is 0 Å². The van der Waals surface area contributed by atoms with Crippen LogP contribution in [0, 0.1) is 11.8 Å². The van der Waals surface area contributed by atoms with Gasteiger partial charge < -0.3 is 23.7 Å². The highest BCUT2D eigenvalue weighted by Crippen LogP contribution is 2.43. The Morgan fingerprint density at radius 1 is 1.18 bits per heavy atom. The summed E-state index contributed by atoms with van der Waals surface area (Å²) in [6.07, 6.45) is -0.591. The summed E-state index contributed by atoms with van der Waals surface area (Å²) in [6, 6.07) is 0. The summed E-state index contributed by atoms with van der Waals surface area (Å²) < 4.78 is 26.9. The monoisotopic (exact) mass is 316 g/mol. The van der Waals surface area contributed by atoms with Gasteiger partial charge >= 0.3 is 11.9 Å². The largest absolute Gasteiger partial charge is 0.469 e. The van der Waals surface area contributed by atoms with E-state index in [9.17, 15) is 9.59 Å². The summed E-state index contributed by atoms with van der Waals surface area (Å²) in [6.45, 7) is 5.37. The SMILES string of the molecule is COC(=O)C[C@H]1[C@H]2OC(C)(C)O[C@H]2O[C@@H]1CC(C)C(=O)OC. The van der Waals surface area contributed by atoms with Crippen molar-refractivity contribution in [2.24, 2.45) is 11.8 Å². The van der Waals surface area contributed by atoms with Gasteiger partial charge in [0.15, 0.2) is 12.1 Å². The second-order valence-electron chi connectivity index (χ2n) is 6.25. The molecule has 0 saturated carbocycles. The van der Waals surface area contributed by atoms with E-state index in [4.69, 9.17) is 23.7 Å². The molecule has 0 aliphatic carbocycles. The third kappa shape index (κ3) is 3.59. The molecule has 2 aliphatic heterocycles. The van der Waals surface area contributed by atoms with Crippen LogP contribution in [0.3, 0.4) is 0 Å². The number of carbonyl (C=O) groups excluding carboxylic acids is 2. The molecule has 0 amide bonds. The molecule has 0 aromatic rings. The zero-order valence-electron chi connectivity index (χ0n) is 13.7. The number of carbonyl (C=O) groups is 2. The molecule has 7 nitrogen and oxygen atoms in total. The number of hydrogen-bond donors (Lipinski definition) is 0. The van der Waals surface area contributed by atoms with E-state index in [1.165, 1.54) is 14.2 Å². The first kappa shape index (κ1) is 17.2. The van der Waals surface area contributed by atoms with Crippen molar-refractivity contribution in [2.75, 3.05) is 14.2 Å². The van der Waals surface area contributed by atoms with Crippen LogP contribution in [0.15, 0.2) is 0 Å². The van der Waals surface area contributed by atoms with Gasteiger partial charge in [-0.25, -0.2) is 0 Å². The van der Waals surface area contributed by atoms with Crippen LogP contribution in [0.1, 0.15) is 33.6 Å². The molecule has 0 bridgehead atoms. The molecule has 0 spiro atoms. The fourth-order valence-corrected chi connectivity index (χ4v) is 3.04. The van der Waals surface area contributed by atoms with Crippen LogP contribution in [0.2, 0.25) is 0 Å². The number of ether oxygens (including phenoxy) is 5. The summed E-state index contributed by atoms with van der Waals surface area (Å²) in [5.74, 6) is -1.94. The van der Waals surface area contributed by atoms with Crippen LogP contribution in [0.25, 0.3) is 0 Å². The number of methoxy groups -OCH3 is 2. The molecule has 0 aromatic heterocycles. The van der Waals surface area contributed by atoms with Gasteiger partial charge in [0.25, 0.3) is 0 Å². The Labute approximate surface area is 130 Å². The van der Waals surface area contributed by atoms with E-state index >= 15 is 0 Å². The maximum Gasteiger partial charge on any atom is 0.308 e. The molecule has 5 atom stereocenters. The average molecular weight is 316 g/mol. The van der Waals surface area contributed by atoms with E-state index in [1.807, 2.05) is 0 Å². The van der Waals surface area contributed by atoms with Gasteiger partial charge in [-0.1, -0.05) is 6.92 Å². The molecular formula is C15H24O7. The smallest absolute Gasteiger partial charge is 0.308 e. The van der Waals surface area contributed by atoms with Crippen molar-refractivity contribution in [1.82, 2.24) is 0 Å². The molecule has 2 saturated heterocycles. The molecule has 7 heteroatoms. The summed E-state index contributed by atoms with van der Waals surface area (Å²) in [7, 11) is 2.70. The standard InChI is InChI=1S/C15H24O7/c1-8(13(17)19-5)6-10-9(7-11(16)18-4)12-14(20-10)22-15(2,3)21-12/h8-10,12,14H,6-7H2,1-5H3/t8?,9-,10-,12-,14-/m1/s1. The minimum atomic E-state index is -0.747. The molecule has 0 radical (unpaired) electrons. The van der Waals surface area contributed by atoms with Crippen LogP contribution < -0.4 is 0 Å². The molecule has 22 heavy (non-hydrogen) atoms. The first-order valence-corrected chi connectivity index (χ1v) is 7.43. The Balaban J connectivity index is 2.09. The lowest BCUT2D eigenvalue weighted by atomic mass is 9.89. The fourth-order valence-electron chi connectivity index (χ4n) is 3.04. The number of hydrogen-bond acceptors (Lipinski definition) is 7. The van der Waals surface area contributed by atoms with E-state index < -0.39 is 12.1 Å². The minimum absolute atomic E-state index is 0.162. The fraction of sp³-hybridized carbons (Fsp3) is 0.867. The Morgan fingerprint density at radius 2 is 1.86 bits per heavy atom. The highest BCUT2D eigenvalue weighted by molar-refractivity contribution is 5.72. The Bertz CT molecular complexity index is 434. The minimum Gasteiger partial charge on any atom is -0.469 e. The van der Waals surface area contributed by atoms with Crippen molar-refractivity contribution in [3.8, 4) is 0 Å². The lowest BCUT2D eigenvalue weighted by Gasteiger charge is -2.26. The van der Waals surface area contributed by atoms with Crippen LogP contribution >= 0.6 is 0 Å². The van der Waals surface area contributed by atoms with Crippen molar-refractivity contribution < 1.29 is 33.3 Å². The van der Waals surface area contributed by atoms with Gasteiger partial charge in [0, 0.05) is 5.92 Å². The van der Waals surface area contributed by atoms with E-state index in [-0.39, 0.29) is 42.4 Å². The predicted molar refractivity (Wildman–Crippen MR) is 74.6 cm³/mol. The van der Waals surface area contributed by atoms with Gasteiger partial charge in [-0.3, -0.25) is 9.59 Å². The second-order valence-corrected chi connectivity index (χ2v) is 6.25. The third-order valence-electron chi connectivity index (χ3n) is 4.12. The molecule has 1 unspecified atom stereocenters. The predicted octanol–water partition coefficient (Wildman–Crippen LogP) is 1.24. The van der Waals surface area contributed by atoms with Crippen molar-refractivity contribution in [3.63, 3.8) is 0 Å². The first-order valence-electron chi connectivity index (χ1n) is 7.43. The van der Waals surface area contributed by atoms with Crippen LogP contribution in [0.5, 0.6) is 0 Å². The summed E-state index contributed by atoms with van der Waals surface area (Å²) in [4.78, 5) is 23.3. The Hall–Kier alpha value is -1.18. The van der Waals surface area contributed by atoms with Gasteiger partial charge in [-0.15, -0.1) is 0 Å². The average Bonchev–Trinajstić information content (AvgIpc) is 2.91. The highest BCUT2D eigenvalue weighted by Gasteiger charge is 2.55. The summed E-state index contributed by atoms with van der Waals surface area (Å²) in [5.41, 5.74) is 0. The normalized spacial score (nSPS) is 34.0. The molecule has 2 aliphatic rings. The van der Waals surface area contributed by atoms with Crippen molar-refractivity contribution in [3.05, 3.63) is 0 Å². The number of fused-ring (bicyclic) bond motifs is 1. The third-order valence-corrected chi connectivity index (χ3v) is 4.12. The Morgan fingerprint density at radius 3 is 2.45 bits per heavy atom. The topological polar surface area (TPSA) is 80.3 Å². The summed E-state index contributed by atoms with van der Waals surface area (Å²) >= 11 is 0. The molecule has 2 rings (SSSR count). The second kappa shape index (κ2) is 6.52. The van der Waals surface area contributed by atoms with Gasteiger partial charge in [0.05, 0.1) is 32.7 Å². The molecule has 126 valence electrons. The highest BCUT2D eigenvalue weighted by atomic mass is 16.8. The van der Waals surface area contributed by atoms with Gasteiger partial charge in [0.2, 0.25) is 0 Å². The lowest BCUT2D eigenvalue weighted by molar-refractivity contribution is -0.212. The van der Waals surface area contributed by atoms with Gasteiger partial charge in [-0.05, 0) is 20.3 Å². The van der Waals surface area contributed by atoms with Gasteiger partial charge in [-0.2, -0.15) is 0 Å².